The van der Waals surface area contributed by atoms with Gasteiger partial charge in [-0.3, -0.25) is 4.68 Å². The summed E-state index contributed by atoms with van der Waals surface area (Å²) >= 11 is 6.39. The van der Waals surface area contributed by atoms with Crippen LogP contribution in [-0.4, -0.2) is 43.3 Å². The highest BCUT2D eigenvalue weighted by molar-refractivity contribution is 6.31. The minimum atomic E-state index is -0.0265. The minimum absolute atomic E-state index is 0.0204. The van der Waals surface area contributed by atoms with Crippen LogP contribution in [0.1, 0.15) is 39.4 Å². The lowest BCUT2D eigenvalue weighted by Gasteiger charge is -2.36. The molecule has 0 aliphatic carbocycles. The Morgan fingerprint density at radius 2 is 2.05 bits per heavy atom. The molecule has 6 heteroatoms. The van der Waals surface area contributed by atoms with Gasteiger partial charge in [0.2, 0.25) is 0 Å². The van der Waals surface area contributed by atoms with E-state index in [9.17, 15) is 0 Å². The van der Waals surface area contributed by atoms with Crippen molar-refractivity contribution in [1.82, 2.24) is 15.1 Å². The molecule has 0 aliphatic heterocycles. The Morgan fingerprint density at radius 3 is 2.52 bits per heavy atom. The van der Waals surface area contributed by atoms with Crippen molar-refractivity contribution in [2.45, 2.75) is 46.4 Å². The lowest BCUT2D eigenvalue weighted by Crippen LogP contribution is -2.42. The van der Waals surface area contributed by atoms with Crippen LogP contribution in [0.15, 0.2) is 6.20 Å². The second-order valence-electron chi connectivity index (χ2n) is 6.15. The molecular formula is C15H28ClN3O2. The monoisotopic (exact) mass is 317 g/mol. The van der Waals surface area contributed by atoms with Crippen molar-refractivity contribution in [1.29, 1.82) is 0 Å². The summed E-state index contributed by atoms with van der Waals surface area (Å²) in [6, 6.07) is -0.0214. The highest BCUT2D eigenvalue weighted by Crippen LogP contribution is 2.35. The number of hydrogen-bond acceptors (Lipinski definition) is 4. The van der Waals surface area contributed by atoms with Gasteiger partial charge in [0.25, 0.3) is 0 Å². The van der Waals surface area contributed by atoms with Gasteiger partial charge in [0.05, 0.1) is 42.2 Å². The van der Waals surface area contributed by atoms with Gasteiger partial charge in [-0.15, -0.1) is 0 Å². The number of nitrogens with zero attached hydrogens (tertiary/aromatic N) is 2. The topological polar surface area (TPSA) is 48.3 Å². The molecule has 2 atom stereocenters. The zero-order valence-electron chi connectivity index (χ0n) is 13.9. The Kier molecular flexibility index (Phi) is 7.13. The van der Waals surface area contributed by atoms with Gasteiger partial charge in [0.15, 0.2) is 0 Å². The van der Waals surface area contributed by atoms with Crippen molar-refractivity contribution in [3.8, 4) is 0 Å². The standard InChI is InChI=1S/C15H28ClN3O2/c1-7-17-12(14(21-6)15(2,3)4)13-11(16)10-18-19(13)8-9-20-5/h10,12,14,17H,7-9H2,1-6H3. The van der Waals surface area contributed by atoms with Crippen LogP contribution >= 0.6 is 11.6 Å². The largest absolute Gasteiger partial charge is 0.383 e. The number of likely N-dealkylation sites (N-methyl/N-ethyl adjacent to an activating group) is 1. The lowest BCUT2D eigenvalue weighted by atomic mass is 9.83. The quantitative estimate of drug-likeness (QED) is 0.801. The third-order valence-electron chi connectivity index (χ3n) is 3.47. The average molecular weight is 318 g/mol. The first-order valence-corrected chi connectivity index (χ1v) is 7.70. The zero-order valence-corrected chi connectivity index (χ0v) is 14.7. The average Bonchev–Trinajstić information content (AvgIpc) is 2.75. The minimum Gasteiger partial charge on any atom is -0.383 e. The van der Waals surface area contributed by atoms with E-state index in [0.29, 0.717) is 18.2 Å². The highest BCUT2D eigenvalue weighted by atomic mass is 35.5. The molecule has 0 fully saturated rings. The maximum atomic E-state index is 6.39. The Morgan fingerprint density at radius 1 is 1.38 bits per heavy atom. The van der Waals surface area contributed by atoms with Crippen LogP contribution in [0.2, 0.25) is 5.02 Å². The molecule has 0 spiro atoms. The maximum Gasteiger partial charge on any atom is 0.0835 e. The predicted molar refractivity (Wildman–Crippen MR) is 85.8 cm³/mol. The molecule has 1 rings (SSSR count). The molecule has 0 aliphatic rings. The van der Waals surface area contributed by atoms with E-state index in [-0.39, 0.29) is 17.6 Å². The normalized spacial score (nSPS) is 15.2. The van der Waals surface area contributed by atoms with E-state index in [0.717, 1.165) is 12.2 Å². The van der Waals surface area contributed by atoms with Crippen LogP contribution in [0, 0.1) is 5.41 Å². The molecule has 2 unspecified atom stereocenters. The molecule has 5 nitrogen and oxygen atoms in total. The number of aromatic nitrogens is 2. The molecule has 0 bridgehead atoms. The van der Waals surface area contributed by atoms with Gasteiger partial charge in [0, 0.05) is 14.2 Å². The number of rotatable bonds is 8. The Balaban J connectivity index is 3.18. The summed E-state index contributed by atoms with van der Waals surface area (Å²) in [6.07, 6.45) is 1.67. The first-order chi connectivity index (χ1) is 9.86. The fraction of sp³-hybridized carbons (Fsp3) is 0.800. The van der Waals surface area contributed by atoms with Crippen molar-refractivity contribution >= 4 is 11.6 Å². The van der Waals surface area contributed by atoms with Gasteiger partial charge in [-0.2, -0.15) is 5.10 Å². The summed E-state index contributed by atoms with van der Waals surface area (Å²) in [4.78, 5) is 0. The van der Waals surface area contributed by atoms with Crippen molar-refractivity contribution in [2.75, 3.05) is 27.4 Å². The molecule has 0 radical (unpaired) electrons. The van der Waals surface area contributed by atoms with Crippen molar-refractivity contribution < 1.29 is 9.47 Å². The summed E-state index contributed by atoms with van der Waals surface area (Å²) in [6.45, 7) is 10.6. The van der Waals surface area contributed by atoms with Crippen molar-refractivity contribution in [3.63, 3.8) is 0 Å². The van der Waals surface area contributed by atoms with Crippen molar-refractivity contribution in [2.24, 2.45) is 5.41 Å². The molecule has 1 aromatic rings. The van der Waals surface area contributed by atoms with Gasteiger partial charge < -0.3 is 14.8 Å². The lowest BCUT2D eigenvalue weighted by molar-refractivity contribution is -0.0138. The van der Waals surface area contributed by atoms with Gasteiger partial charge in [-0.05, 0) is 12.0 Å². The second kappa shape index (κ2) is 8.13. The van der Waals surface area contributed by atoms with Crippen LogP contribution in [0.25, 0.3) is 0 Å². The fourth-order valence-corrected chi connectivity index (χ4v) is 2.85. The van der Waals surface area contributed by atoms with Crippen LogP contribution in [0.5, 0.6) is 0 Å². The Bertz CT molecular complexity index is 429. The first kappa shape index (κ1) is 18.4. The van der Waals surface area contributed by atoms with Crippen LogP contribution < -0.4 is 5.32 Å². The zero-order chi connectivity index (χ0) is 16.0. The van der Waals surface area contributed by atoms with E-state index < -0.39 is 0 Å². The Hall–Kier alpha value is -0.620. The number of hydrogen-bond donors (Lipinski definition) is 1. The SMILES string of the molecule is CCNC(c1c(Cl)cnn1CCOC)C(OC)C(C)(C)C. The van der Waals surface area contributed by atoms with E-state index in [1.807, 2.05) is 4.68 Å². The van der Waals surface area contributed by atoms with E-state index in [1.54, 1.807) is 20.4 Å². The molecule has 1 aromatic heterocycles. The highest BCUT2D eigenvalue weighted by Gasteiger charge is 2.36. The third kappa shape index (κ3) is 4.68. The number of methoxy groups -OCH3 is 2. The van der Waals surface area contributed by atoms with Gasteiger partial charge in [-0.25, -0.2) is 0 Å². The molecule has 1 N–H and O–H groups in total. The molecule has 21 heavy (non-hydrogen) atoms. The van der Waals surface area contributed by atoms with Gasteiger partial charge >= 0.3 is 0 Å². The number of halogens is 1. The molecule has 0 saturated carbocycles. The number of ether oxygens (including phenoxy) is 2. The molecule has 1 heterocycles. The molecule has 0 saturated heterocycles. The van der Waals surface area contributed by atoms with E-state index in [4.69, 9.17) is 21.1 Å². The van der Waals surface area contributed by atoms with Crippen LogP contribution in [-0.2, 0) is 16.0 Å². The third-order valence-corrected chi connectivity index (χ3v) is 3.76. The molecular weight excluding hydrogens is 290 g/mol. The number of nitrogens with one attached hydrogen (secondary N) is 1. The first-order valence-electron chi connectivity index (χ1n) is 7.33. The molecule has 0 aromatic carbocycles. The summed E-state index contributed by atoms with van der Waals surface area (Å²) in [5, 5.41) is 8.51. The molecule has 122 valence electrons. The van der Waals surface area contributed by atoms with E-state index in [2.05, 4.69) is 38.1 Å². The van der Waals surface area contributed by atoms with Crippen molar-refractivity contribution in [3.05, 3.63) is 16.9 Å². The summed E-state index contributed by atoms with van der Waals surface area (Å²) in [5.74, 6) is 0. The summed E-state index contributed by atoms with van der Waals surface area (Å²) in [7, 11) is 3.42. The van der Waals surface area contributed by atoms with Gasteiger partial charge in [0.1, 0.15) is 0 Å². The van der Waals surface area contributed by atoms with Crippen LogP contribution in [0.3, 0.4) is 0 Å². The molecule has 0 amide bonds. The maximum absolute atomic E-state index is 6.39. The van der Waals surface area contributed by atoms with E-state index >= 15 is 0 Å². The Labute approximate surface area is 132 Å². The fourth-order valence-electron chi connectivity index (χ4n) is 2.59. The van der Waals surface area contributed by atoms with E-state index in [1.165, 1.54) is 0 Å². The smallest absolute Gasteiger partial charge is 0.0835 e. The predicted octanol–water partition coefficient (Wildman–Crippen LogP) is 2.89. The summed E-state index contributed by atoms with van der Waals surface area (Å²) < 4.78 is 12.8. The summed E-state index contributed by atoms with van der Waals surface area (Å²) in [5.41, 5.74) is 0.929. The second-order valence-corrected chi connectivity index (χ2v) is 6.56. The van der Waals surface area contributed by atoms with Gasteiger partial charge in [-0.1, -0.05) is 39.3 Å². The van der Waals surface area contributed by atoms with Crippen LogP contribution in [0.4, 0.5) is 0 Å².